The highest BCUT2D eigenvalue weighted by Gasteiger charge is 2.54. The van der Waals surface area contributed by atoms with E-state index >= 15 is 0 Å². The van der Waals surface area contributed by atoms with Crippen LogP contribution in [0, 0.1) is 5.92 Å². The number of hydrogen-bond acceptors (Lipinski definition) is 18. The van der Waals surface area contributed by atoms with E-state index in [0.29, 0.717) is 0 Å². The summed E-state index contributed by atoms with van der Waals surface area (Å²) in [5.74, 6) is -1.71. The van der Waals surface area contributed by atoms with Crippen LogP contribution in [-0.2, 0) is 44.0 Å². The van der Waals surface area contributed by atoms with Crippen molar-refractivity contribution in [2.24, 2.45) is 10.9 Å². The summed E-state index contributed by atoms with van der Waals surface area (Å²) in [6.07, 6.45) is -10.9. The highest BCUT2D eigenvalue weighted by atomic mass is 32.5. The Labute approximate surface area is 258 Å². The molecule has 2 aliphatic heterocycles. The van der Waals surface area contributed by atoms with Crippen LogP contribution in [0.25, 0.3) is 11.1 Å². The Bertz CT molecular complexity index is 1510. The van der Waals surface area contributed by atoms with Gasteiger partial charge in [-0.1, -0.05) is 0 Å². The monoisotopic (exact) mass is 702 g/mol. The molecule has 45 heavy (non-hydrogen) atoms. The maximum Gasteiger partial charge on any atom is 0.481 e. The SMILES string of the molecule is CC(=O)N=CC1[C@@H](COP(O)(=S)OP(=O)(O)OC2OC([C@@H](O)CO)C(O)C(O)C2O)O[C@@H](c2coc3c(N)ncnc23)[C@]1(C)O. The summed E-state index contributed by atoms with van der Waals surface area (Å²) in [7, 11) is -5.49. The highest BCUT2D eigenvalue weighted by molar-refractivity contribution is 8.08. The smallest absolute Gasteiger partial charge is 0.458 e. The molecule has 2 saturated heterocycles. The molecule has 20 nitrogen and oxygen atoms in total. The molecule has 2 fully saturated rings. The van der Waals surface area contributed by atoms with E-state index in [2.05, 4.69) is 23.8 Å². The molecule has 4 heterocycles. The van der Waals surface area contributed by atoms with Crippen LogP contribution in [0.15, 0.2) is 22.0 Å². The predicted octanol–water partition coefficient (Wildman–Crippen LogP) is -2.24. The number of aliphatic hydroxyl groups excluding tert-OH is 5. The number of nitrogen functional groups attached to an aromatic ring is 1. The van der Waals surface area contributed by atoms with Gasteiger partial charge in [0, 0.05) is 18.7 Å². The summed E-state index contributed by atoms with van der Waals surface area (Å²) in [5.41, 5.74) is 4.57. The number of rotatable bonds is 11. The molecular weight excluding hydrogens is 670 g/mol. The van der Waals surface area contributed by atoms with Crippen molar-refractivity contribution >= 4 is 55.4 Å². The van der Waals surface area contributed by atoms with Crippen LogP contribution in [-0.4, -0.2) is 124 Å². The lowest BCUT2D eigenvalue weighted by molar-refractivity contribution is -0.292. The Morgan fingerprint density at radius 3 is 2.58 bits per heavy atom. The topological polar surface area (TPSA) is 319 Å². The molecule has 252 valence electrons. The molecule has 0 bridgehead atoms. The van der Waals surface area contributed by atoms with Crippen molar-refractivity contribution in [1.29, 1.82) is 0 Å². The lowest BCUT2D eigenvalue weighted by Gasteiger charge is -2.41. The minimum Gasteiger partial charge on any atom is -0.458 e. The van der Waals surface area contributed by atoms with Crippen molar-refractivity contribution in [3.63, 3.8) is 0 Å². The van der Waals surface area contributed by atoms with E-state index < -0.39 is 94.2 Å². The number of phosphoric acid groups is 1. The van der Waals surface area contributed by atoms with Crippen molar-refractivity contribution in [3.8, 4) is 0 Å². The van der Waals surface area contributed by atoms with Crippen molar-refractivity contribution in [2.45, 2.75) is 68.5 Å². The van der Waals surface area contributed by atoms with E-state index in [9.17, 15) is 44.7 Å². The molecule has 0 spiro atoms. The van der Waals surface area contributed by atoms with Crippen LogP contribution < -0.4 is 5.73 Å². The Kier molecular flexibility index (Phi) is 10.9. The van der Waals surface area contributed by atoms with Gasteiger partial charge in [-0.3, -0.25) is 9.32 Å². The molecule has 1 amide bonds. The Balaban J connectivity index is 1.50. The average molecular weight is 703 g/mol. The summed E-state index contributed by atoms with van der Waals surface area (Å²) in [4.78, 5) is 44.1. The lowest BCUT2D eigenvalue weighted by atomic mass is 9.82. The Hall–Kier alpha value is -1.88. The maximum atomic E-state index is 12.7. The molecule has 2 aromatic rings. The largest absolute Gasteiger partial charge is 0.481 e. The minimum atomic E-state index is -5.49. The molecule has 0 saturated carbocycles. The van der Waals surface area contributed by atoms with Gasteiger partial charge in [0.25, 0.3) is 0 Å². The van der Waals surface area contributed by atoms with Crippen molar-refractivity contribution in [2.75, 3.05) is 18.9 Å². The number of anilines is 1. The summed E-state index contributed by atoms with van der Waals surface area (Å²) >= 11 is 4.83. The van der Waals surface area contributed by atoms with Gasteiger partial charge in [0.05, 0.1) is 31.5 Å². The molecule has 2 aliphatic rings. The van der Waals surface area contributed by atoms with Crippen LogP contribution in [0.1, 0.15) is 25.5 Å². The number of aliphatic imine (C=N–C) groups is 1. The van der Waals surface area contributed by atoms with Crippen LogP contribution in [0.5, 0.6) is 0 Å². The number of ether oxygens (including phenoxy) is 2. The number of nitrogens with two attached hydrogens (primary N) is 1. The first-order valence-corrected chi connectivity index (χ1v) is 17.1. The molecule has 0 radical (unpaired) electrons. The number of carbonyl (C=O) groups excluding carboxylic acids is 1. The van der Waals surface area contributed by atoms with Crippen LogP contribution in [0.2, 0.25) is 0 Å². The minimum absolute atomic E-state index is 0.0177. The van der Waals surface area contributed by atoms with Crippen molar-refractivity contribution < 1.29 is 77.0 Å². The van der Waals surface area contributed by atoms with Gasteiger partial charge in [-0.25, -0.2) is 23.8 Å². The van der Waals surface area contributed by atoms with Gasteiger partial charge in [-0.15, -0.1) is 0 Å². The van der Waals surface area contributed by atoms with Gasteiger partial charge in [-0.05, 0) is 18.7 Å². The fourth-order valence-corrected chi connectivity index (χ4v) is 7.94. The van der Waals surface area contributed by atoms with E-state index in [1.165, 1.54) is 19.5 Å². The summed E-state index contributed by atoms with van der Waals surface area (Å²) < 4.78 is 43.7. The highest BCUT2D eigenvalue weighted by Crippen LogP contribution is 2.62. The third-order valence-corrected chi connectivity index (χ3v) is 10.6. The van der Waals surface area contributed by atoms with E-state index in [4.69, 9.17) is 41.1 Å². The van der Waals surface area contributed by atoms with Gasteiger partial charge >= 0.3 is 14.5 Å². The number of furan rings is 1. The zero-order valence-electron chi connectivity index (χ0n) is 23.4. The molecule has 0 aliphatic carbocycles. The number of phosphoric ester groups is 1. The van der Waals surface area contributed by atoms with Gasteiger partial charge in [-0.2, -0.15) is 0 Å². The number of aliphatic hydroxyl groups is 6. The third kappa shape index (κ3) is 7.82. The predicted molar refractivity (Wildman–Crippen MR) is 151 cm³/mol. The molecule has 10 N–H and O–H groups in total. The van der Waals surface area contributed by atoms with Crippen molar-refractivity contribution in [1.82, 2.24) is 9.97 Å². The van der Waals surface area contributed by atoms with Crippen LogP contribution in [0.3, 0.4) is 0 Å². The molecule has 0 aromatic carbocycles. The maximum absolute atomic E-state index is 12.7. The second-order valence-electron chi connectivity index (χ2n) is 10.3. The van der Waals surface area contributed by atoms with Gasteiger partial charge in [0.2, 0.25) is 5.91 Å². The first kappa shape index (κ1) is 36.0. The first-order valence-electron chi connectivity index (χ1n) is 13.0. The van der Waals surface area contributed by atoms with E-state index in [-0.39, 0.29) is 22.5 Å². The molecule has 23 heteroatoms. The molecule has 4 rings (SSSR count). The van der Waals surface area contributed by atoms with E-state index in [0.717, 1.165) is 13.1 Å². The molecule has 12 atom stereocenters. The number of carbonyl (C=O) groups is 1. The standard InChI is InChI=1S/C22H32N4O16P2S/c1-8(28)24-3-10-12(39-19(22(10,2)33)9-5-37-18-13(9)25-7-26-20(18)23)6-38-44(36,45)42-43(34,35)41-21-16(32)14(30)15(31)17(40-21)11(29)4-27/h3,5,7,10-12,14-17,19,21,27,29-33H,4,6H2,1-2H3,(H,34,35)(H,36,45)(H2,23,25,26)/t10?,11-,12+,14?,15?,16?,17?,19-,21?,22+,44?/m0/s1. The van der Waals surface area contributed by atoms with Gasteiger partial charge in [0.1, 0.15) is 54.1 Å². The number of hydrogen-bond donors (Lipinski definition) is 9. The Morgan fingerprint density at radius 2 is 1.93 bits per heavy atom. The van der Waals surface area contributed by atoms with E-state index in [1.54, 1.807) is 0 Å². The number of nitrogens with zero attached hydrogens (tertiary/aromatic N) is 3. The fourth-order valence-electron chi connectivity index (χ4n) is 4.84. The molecular formula is C22H32N4O16P2S. The number of amides is 1. The zero-order chi connectivity index (χ0) is 33.5. The van der Waals surface area contributed by atoms with Crippen LogP contribution >= 0.6 is 14.5 Å². The summed E-state index contributed by atoms with van der Waals surface area (Å²) in [5, 5.41) is 60.6. The number of aromatic nitrogens is 2. The fraction of sp³-hybridized carbons (Fsp3) is 0.636. The quantitative estimate of drug-likeness (QED) is 0.0882. The average Bonchev–Trinajstić information content (AvgIpc) is 3.48. The van der Waals surface area contributed by atoms with Gasteiger partial charge in [0.15, 0.2) is 17.7 Å². The molecule has 8 unspecified atom stereocenters. The Morgan fingerprint density at radius 1 is 1.24 bits per heavy atom. The lowest BCUT2D eigenvalue weighted by Crippen LogP contribution is -2.61. The van der Waals surface area contributed by atoms with E-state index in [1.807, 2.05) is 0 Å². The van der Waals surface area contributed by atoms with Crippen molar-refractivity contribution in [3.05, 3.63) is 18.2 Å². The molecule has 2 aromatic heterocycles. The summed E-state index contributed by atoms with van der Waals surface area (Å²) in [6.45, 7) is -3.87. The second-order valence-corrected chi connectivity index (χ2v) is 14.7. The second kappa shape index (κ2) is 13.7. The van der Waals surface area contributed by atoms with Crippen LogP contribution in [0.4, 0.5) is 5.82 Å². The number of fused-ring (bicyclic) bond motifs is 1. The third-order valence-electron chi connectivity index (χ3n) is 7.04. The normalized spacial score (nSPS) is 35.8. The summed E-state index contributed by atoms with van der Waals surface area (Å²) in [6, 6.07) is 0. The zero-order valence-corrected chi connectivity index (χ0v) is 26.0. The van der Waals surface area contributed by atoms with Gasteiger partial charge < -0.3 is 64.6 Å². The first-order chi connectivity index (χ1) is 20.9.